The molecule has 0 saturated heterocycles. The van der Waals surface area contributed by atoms with Gasteiger partial charge in [-0.2, -0.15) is 0 Å². The number of unbranched alkanes of at least 4 members (excludes halogenated alkanes) is 20. The highest BCUT2D eigenvalue weighted by Gasteiger charge is 2.26. The van der Waals surface area contributed by atoms with Gasteiger partial charge >= 0.3 is 17.9 Å². The van der Waals surface area contributed by atoms with Crippen LogP contribution in [0, 0.1) is 0 Å². The van der Waals surface area contributed by atoms with E-state index >= 15 is 0 Å². The van der Waals surface area contributed by atoms with Gasteiger partial charge in [-0.3, -0.25) is 14.4 Å². The maximum atomic E-state index is 11.0. The van der Waals surface area contributed by atoms with Gasteiger partial charge in [-0.15, -0.1) is 0 Å². The molecule has 0 aliphatic rings. The van der Waals surface area contributed by atoms with Gasteiger partial charge in [0.1, 0.15) is 0 Å². The number of carboxylic acids is 3. The molecule has 264 valence electrons. The van der Waals surface area contributed by atoms with Gasteiger partial charge < -0.3 is 19.8 Å². The molecular formula is C38H72NO6+. The summed E-state index contributed by atoms with van der Waals surface area (Å²) < 4.78 is 0.868. The number of carboxylic acid groups (broad SMARTS) is 3. The van der Waals surface area contributed by atoms with Crippen molar-refractivity contribution in [3.8, 4) is 0 Å². The predicted octanol–water partition coefficient (Wildman–Crippen LogP) is 10.6. The Hall–Kier alpha value is -1.89. The minimum absolute atomic E-state index is 0.175. The van der Waals surface area contributed by atoms with Crippen molar-refractivity contribution in [2.45, 2.75) is 187 Å². The quantitative estimate of drug-likeness (QED) is 0.0358. The van der Waals surface area contributed by atoms with Crippen LogP contribution in [0.1, 0.15) is 187 Å². The molecule has 0 bridgehead atoms. The third-order valence-electron chi connectivity index (χ3n) is 9.21. The molecule has 7 nitrogen and oxygen atoms in total. The van der Waals surface area contributed by atoms with Crippen LogP contribution in [0.3, 0.4) is 0 Å². The number of allylic oxidation sites excluding steroid dienone is 2. The highest BCUT2D eigenvalue weighted by Crippen LogP contribution is 2.20. The third-order valence-corrected chi connectivity index (χ3v) is 9.21. The van der Waals surface area contributed by atoms with E-state index in [1.807, 2.05) is 0 Å². The lowest BCUT2D eigenvalue weighted by molar-refractivity contribution is -0.929. The molecule has 3 N–H and O–H groups in total. The van der Waals surface area contributed by atoms with E-state index < -0.39 is 17.9 Å². The lowest BCUT2D eigenvalue weighted by Gasteiger charge is -2.39. The van der Waals surface area contributed by atoms with Crippen molar-refractivity contribution in [2.75, 3.05) is 26.2 Å². The zero-order chi connectivity index (χ0) is 33.3. The van der Waals surface area contributed by atoms with Gasteiger partial charge in [-0.1, -0.05) is 103 Å². The van der Waals surface area contributed by atoms with E-state index in [2.05, 4.69) is 19.1 Å². The van der Waals surface area contributed by atoms with Crippen molar-refractivity contribution in [1.82, 2.24) is 0 Å². The van der Waals surface area contributed by atoms with Gasteiger partial charge in [0, 0.05) is 19.3 Å². The van der Waals surface area contributed by atoms with E-state index in [4.69, 9.17) is 15.3 Å². The fraction of sp³-hybridized carbons (Fsp3) is 0.868. The second kappa shape index (κ2) is 32.1. The summed E-state index contributed by atoms with van der Waals surface area (Å²) in [5, 5.41) is 27.2. The fourth-order valence-electron chi connectivity index (χ4n) is 6.42. The maximum Gasteiger partial charge on any atom is 0.303 e. The SMILES string of the molecule is CCCCCCCCC/C=C/CCCCCCCCCCCC[N+](CCCCC(=O)O)(CCCCC(=O)O)CCCCC(=O)O. The van der Waals surface area contributed by atoms with Crippen LogP contribution in [0.4, 0.5) is 0 Å². The number of quaternary nitrogens is 1. The van der Waals surface area contributed by atoms with Crippen molar-refractivity contribution in [3.05, 3.63) is 12.2 Å². The van der Waals surface area contributed by atoms with Crippen molar-refractivity contribution in [3.63, 3.8) is 0 Å². The van der Waals surface area contributed by atoms with E-state index in [9.17, 15) is 14.4 Å². The molecule has 0 aromatic rings. The predicted molar refractivity (Wildman–Crippen MR) is 187 cm³/mol. The van der Waals surface area contributed by atoms with E-state index in [-0.39, 0.29) is 19.3 Å². The zero-order valence-electron chi connectivity index (χ0n) is 29.3. The first-order valence-corrected chi connectivity index (χ1v) is 19.0. The van der Waals surface area contributed by atoms with Crippen LogP contribution in [-0.2, 0) is 14.4 Å². The number of aliphatic carboxylic acids is 3. The summed E-state index contributed by atoms with van der Waals surface area (Å²) in [5.41, 5.74) is 0. The van der Waals surface area contributed by atoms with Gasteiger partial charge in [0.25, 0.3) is 0 Å². The van der Waals surface area contributed by atoms with Crippen molar-refractivity contribution in [1.29, 1.82) is 0 Å². The van der Waals surface area contributed by atoms with E-state index in [1.165, 1.54) is 116 Å². The molecule has 0 fully saturated rings. The Kier molecular flexibility index (Phi) is 30.7. The lowest BCUT2D eigenvalue weighted by atomic mass is 10.0. The second-order valence-corrected chi connectivity index (χ2v) is 13.5. The smallest absolute Gasteiger partial charge is 0.303 e. The maximum absolute atomic E-state index is 11.0. The average Bonchev–Trinajstić information content (AvgIpc) is 3.00. The Labute approximate surface area is 276 Å². The molecule has 0 amide bonds. The summed E-state index contributed by atoms with van der Waals surface area (Å²) in [6.45, 7) is 5.96. The molecule has 0 atom stereocenters. The van der Waals surface area contributed by atoms with E-state index in [1.54, 1.807) is 0 Å². The number of rotatable bonds is 36. The largest absolute Gasteiger partial charge is 0.481 e. The molecular weight excluding hydrogens is 566 g/mol. The minimum atomic E-state index is -0.766. The van der Waals surface area contributed by atoms with Gasteiger partial charge in [-0.25, -0.2) is 0 Å². The van der Waals surface area contributed by atoms with Crippen LogP contribution in [0.5, 0.6) is 0 Å². The van der Waals surface area contributed by atoms with Crippen LogP contribution in [0.25, 0.3) is 0 Å². The first kappa shape index (κ1) is 43.1. The molecule has 0 saturated carbocycles. The molecule has 0 radical (unpaired) electrons. The van der Waals surface area contributed by atoms with E-state index in [0.29, 0.717) is 19.3 Å². The number of hydrogen-bond donors (Lipinski definition) is 3. The molecule has 0 aromatic heterocycles. The first-order chi connectivity index (χ1) is 21.8. The highest BCUT2D eigenvalue weighted by atomic mass is 16.4. The monoisotopic (exact) mass is 639 g/mol. The van der Waals surface area contributed by atoms with Crippen LogP contribution < -0.4 is 0 Å². The Balaban J connectivity index is 4.21. The number of hydrogen-bond acceptors (Lipinski definition) is 3. The summed E-state index contributed by atoms with van der Waals surface area (Å²) in [5.74, 6) is -2.30. The van der Waals surface area contributed by atoms with Crippen LogP contribution in [0.15, 0.2) is 12.2 Å². The van der Waals surface area contributed by atoms with Crippen LogP contribution in [-0.4, -0.2) is 63.9 Å². The standard InChI is InChI=1S/C38H71NO6/c1-2-3-4-5-6-7-8-9-10-11-12-13-14-15-16-17-18-19-20-21-25-32-39(33-26-22-29-36(40)41,34-27-23-30-37(42)43)35-28-24-31-38(44)45/h10-11H,2-9,12-35H2,1H3,(H2-,40,41,42,43,44,45)/p+1/b11-10+. The number of carbonyl (C=O) groups is 3. The van der Waals surface area contributed by atoms with Gasteiger partial charge in [0.15, 0.2) is 0 Å². The molecule has 0 rings (SSSR count). The highest BCUT2D eigenvalue weighted by molar-refractivity contribution is 5.67. The number of nitrogens with zero attached hydrogens (tertiary/aromatic N) is 1. The molecule has 0 aliphatic heterocycles. The van der Waals surface area contributed by atoms with Crippen molar-refractivity contribution < 1.29 is 34.2 Å². The lowest BCUT2D eigenvalue weighted by Crippen LogP contribution is -2.51. The Morgan fingerprint density at radius 1 is 0.400 bits per heavy atom. The molecule has 7 heteroatoms. The average molecular weight is 639 g/mol. The zero-order valence-corrected chi connectivity index (χ0v) is 29.3. The molecule has 0 spiro atoms. The summed E-state index contributed by atoms with van der Waals surface area (Å²) in [6.07, 6.45) is 34.7. The first-order valence-electron chi connectivity index (χ1n) is 19.0. The topological polar surface area (TPSA) is 112 Å². The summed E-state index contributed by atoms with van der Waals surface area (Å²) in [4.78, 5) is 33.1. The van der Waals surface area contributed by atoms with Gasteiger partial charge in [0.2, 0.25) is 0 Å². The summed E-state index contributed by atoms with van der Waals surface area (Å²) in [7, 11) is 0. The van der Waals surface area contributed by atoms with Crippen LogP contribution in [0.2, 0.25) is 0 Å². The molecule has 0 unspecified atom stereocenters. The van der Waals surface area contributed by atoms with Gasteiger partial charge in [0.05, 0.1) is 26.2 Å². The second-order valence-electron chi connectivity index (χ2n) is 13.5. The molecule has 0 aromatic carbocycles. The Bertz CT molecular complexity index is 683. The molecule has 0 heterocycles. The van der Waals surface area contributed by atoms with Crippen molar-refractivity contribution in [2.24, 2.45) is 0 Å². The Morgan fingerprint density at radius 3 is 0.978 bits per heavy atom. The van der Waals surface area contributed by atoms with Gasteiger partial charge in [-0.05, 0) is 77.0 Å². The fourth-order valence-corrected chi connectivity index (χ4v) is 6.42. The van der Waals surface area contributed by atoms with E-state index in [0.717, 1.165) is 56.3 Å². The summed E-state index contributed by atoms with van der Waals surface area (Å²) >= 11 is 0. The summed E-state index contributed by atoms with van der Waals surface area (Å²) in [6, 6.07) is 0. The Morgan fingerprint density at radius 2 is 0.667 bits per heavy atom. The van der Waals surface area contributed by atoms with Crippen LogP contribution >= 0.6 is 0 Å². The third kappa shape index (κ3) is 31.9. The normalized spacial score (nSPS) is 11.8. The van der Waals surface area contributed by atoms with Crippen molar-refractivity contribution >= 4 is 17.9 Å². The molecule has 0 aliphatic carbocycles. The minimum Gasteiger partial charge on any atom is -0.481 e. The molecule has 45 heavy (non-hydrogen) atoms.